The fourth-order valence-electron chi connectivity index (χ4n) is 1.70. The maximum atomic E-state index is 3.47. The van der Waals surface area contributed by atoms with Crippen molar-refractivity contribution in [3.8, 4) is 0 Å². The average molecular weight is 225 g/mol. The molecule has 0 fully saturated rings. The van der Waals surface area contributed by atoms with Crippen LogP contribution in [-0.4, -0.2) is 13.1 Å². The number of nitrogens with one attached hydrogen (secondary N) is 1. The van der Waals surface area contributed by atoms with Crippen molar-refractivity contribution in [3.05, 3.63) is 22.4 Å². The standard InChI is InChI=1S/C13H23NS/c1-4-13(3,11-14-5-2)9-8-12-7-6-10-15-12/h6-7,10,14H,4-5,8-9,11H2,1-3H3. The molecule has 15 heavy (non-hydrogen) atoms. The molecule has 86 valence electrons. The zero-order valence-electron chi connectivity index (χ0n) is 10.2. The van der Waals surface area contributed by atoms with Crippen molar-refractivity contribution in [3.63, 3.8) is 0 Å². The van der Waals surface area contributed by atoms with Crippen LogP contribution >= 0.6 is 11.3 Å². The van der Waals surface area contributed by atoms with Gasteiger partial charge in [-0.3, -0.25) is 0 Å². The number of thiophene rings is 1. The SMILES string of the molecule is CCNCC(C)(CC)CCc1cccs1. The van der Waals surface area contributed by atoms with Gasteiger partial charge in [-0.2, -0.15) is 0 Å². The van der Waals surface area contributed by atoms with Gasteiger partial charge in [-0.15, -0.1) is 11.3 Å². The number of rotatable bonds is 7. The Bertz CT molecular complexity index is 256. The lowest BCUT2D eigenvalue weighted by atomic mass is 9.82. The fourth-order valence-corrected chi connectivity index (χ4v) is 2.41. The Morgan fingerprint density at radius 1 is 1.40 bits per heavy atom. The van der Waals surface area contributed by atoms with Gasteiger partial charge in [0.05, 0.1) is 0 Å². The lowest BCUT2D eigenvalue weighted by Crippen LogP contribution is -2.31. The van der Waals surface area contributed by atoms with E-state index in [1.807, 2.05) is 11.3 Å². The van der Waals surface area contributed by atoms with Crippen molar-refractivity contribution in [1.29, 1.82) is 0 Å². The first-order valence-electron chi connectivity index (χ1n) is 5.93. The lowest BCUT2D eigenvalue weighted by Gasteiger charge is -2.28. The van der Waals surface area contributed by atoms with Crippen LogP contribution in [0.3, 0.4) is 0 Å². The van der Waals surface area contributed by atoms with E-state index in [0.29, 0.717) is 5.41 Å². The Morgan fingerprint density at radius 3 is 2.73 bits per heavy atom. The van der Waals surface area contributed by atoms with Crippen LogP contribution < -0.4 is 5.32 Å². The van der Waals surface area contributed by atoms with Crippen LogP contribution in [0.15, 0.2) is 17.5 Å². The molecule has 0 aliphatic rings. The Labute approximate surface area is 97.9 Å². The second kappa shape index (κ2) is 6.29. The smallest absolute Gasteiger partial charge is 0.00454 e. The van der Waals surface area contributed by atoms with E-state index in [1.54, 1.807) is 0 Å². The summed E-state index contributed by atoms with van der Waals surface area (Å²) in [6.45, 7) is 9.09. The van der Waals surface area contributed by atoms with Crippen molar-refractivity contribution in [2.75, 3.05) is 13.1 Å². The number of hydrogen-bond donors (Lipinski definition) is 1. The van der Waals surface area contributed by atoms with E-state index >= 15 is 0 Å². The fraction of sp³-hybridized carbons (Fsp3) is 0.692. The van der Waals surface area contributed by atoms with E-state index in [4.69, 9.17) is 0 Å². The molecule has 0 aromatic carbocycles. The Balaban J connectivity index is 2.38. The zero-order valence-corrected chi connectivity index (χ0v) is 11.0. The molecule has 1 nitrogen and oxygen atoms in total. The van der Waals surface area contributed by atoms with E-state index in [2.05, 4.69) is 43.6 Å². The van der Waals surface area contributed by atoms with Gasteiger partial charge < -0.3 is 5.32 Å². The molecular weight excluding hydrogens is 202 g/mol. The summed E-state index contributed by atoms with van der Waals surface area (Å²) in [6.07, 6.45) is 3.77. The maximum absolute atomic E-state index is 3.47. The highest BCUT2D eigenvalue weighted by Gasteiger charge is 2.21. The van der Waals surface area contributed by atoms with Crippen molar-refractivity contribution in [2.24, 2.45) is 5.41 Å². The summed E-state index contributed by atoms with van der Waals surface area (Å²) >= 11 is 1.88. The topological polar surface area (TPSA) is 12.0 Å². The first kappa shape index (κ1) is 12.7. The highest BCUT2D eigenvalue weighted by Crippen LogP contribution is 2.27. The van der Waals surface area contributed by atoms with E-state index in [9.17, 15) is 0 Å². The normalized spacial score (nSPS) is 15.1. The van der Waals surface area contributed by atoms with Gasteiger partial charge in [0.25, 0.3) is 0 Å². The van der Waals surface area contributed by atoms with Crippen LogP contribution in [0.25, 0.3) is 0 Å². The van der Waals surface area contributed by atoms with Crippen LogP contribution in [0.4, 0.5) is 0 Å². The first-order chi connectivity index (χ1) is 7.20. The van der Waals surface area contributed by atoms with Crippen LogP contribution in [0.2, 0.25) is 0 Å². The third-order valence-corrected chi connectivity index (χ3v) is 4.15. The summed E-state index contributed by atoms with van der Waals surface area (Å²) in [5.74, 6) is 0. The average Bonchev–Trinajstić information content (AvgIpc) is 2.76. The largest absolute Gasteiger partial charge is 0.316 e. The van der Waals surface area contributed by atoms with E-state index in [0.717, 1.165) is 13.1 Å². The Kier molecular flexibility index (Phi) is 5.34. The van der Waals surface area contributed by atoms with Gasteiger partial charge in [0.1, 0.15) is 0 Å². The van der Waals surface area contributed by atoms with Gasteiger partial charge in [-0.25, -0.2) is 0 Å². The van der Waals surface area contributed by atoms with Crippen LogP contribution in [0, 0.1) is 5.41 Å². The molecule has 0 saturated carbocycles. The summed E-state index contributed by atoms with van der Waals surface area (Å²) in [6, 6.07) is 4.39. The minimum absolute atomic E-state index is 0.458. The zero-order chi connectivity index (χ0) is 11.1. The molecular formula is C13H23NS. The number of aryl methyl sites for hydroxylation is 1. The summed E-state index contributed by atoms with van der Waals surface area (Å²) in [7, 11) is 0. The molecule has 1 rings (SSSR count). The highest BCUT2D eigenvalue weighted by atomic mass is 32.1. The lowest BCUT2D eigenvalue weighted by molar-refractivity contribution is 0.272. The molecule has 1 aromatic rings. The molecule has 0 spiro atoms. The first-order valence-corrected chi connectivity index (χ1v) is 6.81. The predicted molar refractivity (Wildman–Crippen MR) is 69.6 cm³/mol. The molecule has 1 heterocycles. The summed E-state index contributed by atoms with van der Waals surface area (Å²) < 4.78 is 0. The molecule has 1 atom stereocenters. The molecule has 1 N–H and O–H groups in total. The summed E-state index contributed by atoms with van der Waals surface area (Å²) in [4.78, 5) is 1.52. The second-order valence-corrected chi connectivity index (χ2v) is 5.56. The van der Waals surface area contributed by atoms with Crippen LogP contribution in [0.5, 0.6) is 0 Å². The van der Waals surface area contributed by atoms with E-state index in [1.165, 1.54) is 24.1 Å². The molecule has 0 radical (unpaired) electrons. The molecule has 0 bridgehead atoms. The minimum atomic E-state index is 0.458. The van der Waals surface area contributed by atoms with Gasteiger partial charge in [0, 0.05) is 11.4 Å². The third-order valence-electron chi connectivity index (χ3n) is 3.21. The second-order valence-electron chi connectivity index (χ2n) is 4.52. The molecule has 2 heteroatoms. The van der Waals surface area contributed by atoms with Crippen LogP contribution in [-0.2, 0) is 6.42 Å². The van der Waals surface area contributed by atoms with E-state index in [-0.39, 0.29) is 0 Å². The molecule has 0 aliphatic heterocycles. The summed E-state index contributed by atoms with van der Waals surface area (Å²) in [5.41, 5.74) is 0.458. The van der Waals surface area contributed by atoms with Crippen molar-refractivity contribution in [2.45, 2.75) is 40.0 Å². The van der Waals surface area contributed by atoms with Crippen molar-refractivity contribution < 1.29 is 0 Å². The Morgan fingerprint density at radius 2 is 2.20 bits per heavy atom. The third kappa shape index (κ3) is 4.35. The maximum Gasteiger partial charge on any atom is 0.00454 e. The molecule has 0 saturated heterocycles. The molecule has 0 amide bonds. The predicted octanol–water partition coefficient (Wildman–Crippen LogP) is 3.71. The van der Waals surface area contributed by atoms with Gasteiger partial charge in [-0.05, 0) is 42.7 Å². The quantitative estimate of drug-likeness (QED) is 0.746. The minimum Gasteiger partial charge on any atom is -0.316 e. The molecule has 1 unspecified atom stereocenters. The monoisotopic (exact) mass is 225 g/mol. The van der Waals surface area contributed by atoms with Crippen LogP contribution in [0.1, 0.15) is 38.5 Å². The molecule has 1 aromatic heterocycles. The molecule has 0 aliphatic carbocycles. The van der Waals surface area contributed by atoms with E-state index < -0.39 is 0 Å². The Hall–Kier alpha value is -0.340. The summed E-state index contributed by atoms with van der Waals surface area (Å²) in [5, 5.41) is 5.64. The highest BCUT2D eigenvalue weighted by molar-refractivity contribution is 7.09. The number of hydrogen-bond acceptors (Lipinski definition) is 2. The van der Waals surface area contributed by atoms with Gasteiger partial charge in [0.2, 0.25) is 0 Å². The van der Waals surface area contributed by atoms with Crippen molar-refractivity contribution >= 4 is 11.3 Å². The van der Waals surface area contributed by atoms with Gasteiger partial charge >= 0.3 is 0 Å². The van der Waals surface area contributed by atoms with Gasteiger partial charge in [-0.1, -0.05) is 26.8 Å². The van der Waals surface area contributed by atoms with Crippen molar-refractivity contribution in [1.82, 2.24) is 5.32 Å². The van der Waals surface area contributed by atoms with Gasteiger partial charge in [0.15, 0.2) is 0 Å².